The lowest BCUT2D eigenvalue weighted by Gasteiger charge is -2.13. The normalized spacial score (nSPS) is 10.6. The molecule has 3 rings (SSSR count). The molecule has 25 heavy (non-hydrogen) atoms. The second-order valence-electron chi connectivity index (χ2n) is 5.36. The van der Waals surface area contributed by atoms with E-state index >= 15 is 0 Å². The van der Waals surface area contributed by atoms with Crippen molar-refractivity contribution in [1.82, 2.24) is 15.2 Å². The van der Waals surface area contributed by atoms with Crippen LogP contribution in [0.3, 0.4) is 0 Å². The number of aromatic nitrogens is 3. The van der Waals surface area contributed by atoms with Crippen molar-refractivity contribution in [3.05, 3.63) is 62.5 Å². The van der Waals surface area contributed by atoms with Gasteiger partial charge in [-0.25, -0.2) is 14.9 Å². The molecular formula is C17H13BrN4O3. The third kappa shape index (κ3) is 3.16. The SMILES string of the molecule is Cc1c(C(=O)O)cccc1-c1cc(=O)[nH]nc1-c1cc(Br)cnc1N. The molecule has 0 fully saturated rings. The number of H-pyrrole nitrogens is 1. The lowest BCUT2D eigenvalue weighted by atomic mass is 9.94. The van der Waals surface area contributed by atoms with Crippen LogP contribution in [0, 0.1) is 6.92 Å². The fourth-order valence-electron chi connectivity index (χ4n) is 2.61. The van der Waals surface area contributed by atoms with Gasteiger partial charge in [-0.05, 0) is 46.1 Å². The predicted molar refractivity (Wildman–Crippen MR) is 97.3 cm³/mol. The first-order valence-corrected chi connectivity index (χ1v) is 8.02. The number of hydrogen-bond acceptors (Lipinski definition) is 5. The Labute approximate surface area is 150 Å². The van der Waals surface area contributed by atoms with Crippen molar-refractivity contribution < 1.29 is 9.90 Å². The molecule has 1 aromatic carbocycles. The van der Waals surface area contributed by atoms with E-state index < -0.39 is 11.5 Å². The Morgan fingerprint density at radius 1 is 1.24 bits per heavy atom. The van der Waals surface area contributed by atoms with Crippen LogP contribution in [0.2, 0.25) is 0 Å². The Balaban J connectivity index is 2.34. The van der Waals surface area contributed by atoms with Gasteiger partial charge in [-0.1, -0.05) is 12.1 Å². The van der Waals surface area contributed by atoms with Crippen LogP contribution in [0.5, 0.6) is 0 Å². The first-order chi connectivity index (χ1) is 11.9. The Bertz CT molecular complexity index is 1050. The molecule has 126 valence electrons. The molecule has 2 heterocycles. The van der Waals surface area contributed by atoms with E-state index in [1.54, 1.807) is 31.3 Å². The summed E-state index contributed by atoms with van der Waals surface area (Å²) in [6, 6.07) is 7.98. The number of hydrogen-bond donors (Lipinski definition) is 3. The largest absolute Gasteiger partial charge is 0.478 e. The van der Waals surface area contributed by atoms with E-state index in [-0.39, 0.29) is 11.4 Å². The maximum absolute atomic E-state index is 11.8. The molecule has 4 N–H and O–H groups in total. The molecule has 0 bridgehead atoms. The number of aromatic amines is 1. The van der Waals surface area contributed by atoms with Crippen molar-refractivity contribution in [2.75, 3.05) is 5.73 Å². The first-order valence-electron chi connectivity index (χ1n) is 7.23. The predicted octanol–water partition coefficient (Wildman–Crippen LogP) is 2.85. The minimum atomic E-state index is -1.04. The van der Waals surface area contributed by atoms with Crippen LogP contribution in [0.4, 0.5) is 5.82 Å². The van der Waals surface area contributed by atoms with Gasteiger partial charge in [0.2, 0.25) is 0 Å². The fourth-order valence-corrected chi connectivity index (χ4v) is 2.94. The molecule has 0 saturated heterocycles. The van der Waals surface area contributed by atoms with Crippen molar-refractivity contribution in [1.29, 1.82) is 0 Å². The van der Waals surface area contributed by atoms with E-state index in [2.05, 4.69) is 31.1 Å². The molecule has 0 aliphatic carbocycles. The first kappa shape index (κ1) is 16.8. The van der Waals surface area contributed by atoms with Crippen molar-refractivity contribution in [2.45, 2.75) is 6.92 Å². The minimum Gasteiger partial charge on any atom is -0.478 e. The number of aromatic carboxylic acids is 1. The summed E-state index contributed by atoms with van der Waals surface area (Å²) in [6.07, 6.45) is 1.56. The lowest BCUT2D eigenvalue weighted by molar-refractivity contribution is 0.0696. The fraction of sp³-hybridized carbons (Fsp3) is 0.0588. The quantitative estimate of drug-likeness (QED) is 0.621. The van der Waals surface area contributed by atoms with Crippen LogP contribution in [-0.4, -0.2) is 26.3 Å². The van der Waals surface area contributed by atoms with E-state index in [9.17, 15) is 14.7 Å². The number of halogens is 1. The molecule has 8 heteroatoms. The second kappa shape index (κ2) is 6.48. The summed E-state index contributed by atoms with van der Waals surface area (Å²) in [7, 11) is 0. The highest BCUT2D eigenvalue weighted by molar-refractivity contribution is 9.10. The zero-order chi connectivity index (χ0) is 18.1. The van der Waals surface area contributed by atoms with Crippen molar-refractivity contribution in [3.8, 4) is 22.4 Å². The molecule has 0 radical (unpaired) electrons. The molecule has 2 aromatic heterocycles. The van der Waals surface area contributed by atoms with Gasteiger partial charge in [0.15, 0.2) is 0 Å². The summed E-state index contributed by atoms with van der Waals surface area (Å²) >= 11 is 3.34. The van der Waals surface area contributed by atoms with Gasteiger partial charge in [-0.3, -0.25) is 4.79 Å². The van der Waals surface area contributed by atoms with Crippen LogP contribution >= 0.6 is 15.9 Å². The number of nitrogens with two attached hydrogens (primary N) is 1. The average molecular weight is 401 g/mol. The van der Waals surface area contributed by atoms with Crippen molar-refractivity contribution in [3.63, 3.8) is 0 Å². The van der Waals surface area contributed by atoms with Gasteiger partial charge in [0, 0.05) is 27.9 Å². The molecule has 0 saturated carbocycles. The summed E-state index contributed by atoms with van der Waals surface area (Å²) in [5.74, 6) is -0.793. The van der Waals surface area contributed by atoms with Gasteiger partial charge in [0.05, 0.1) is 5.56 Å². The molecule has 0 spiro atoms. The van der Waals surface area contributed by atoms with Crippen LogP contribution in [-0.2, 0) is 0 Å². The van der Waals surface area contributed by atoms with Crippen LogP contribution in [0.15, 0.2) is 45.8 Å². The Kier molecular flexibility index (Phi) is 4.37. The summed E-state index contributed by atoms with van der Waals surface area (Å²) < 4.78 is 0.701. The number of pyridine rings is 1. The molecule has 0 atom stereocenters. The van der Waals surface area contributed by atoms with E-state index in [1.165, 1.54) is 12.1 Å². The summed E-state index contributed by atoms with van der Waals surface area (Å²) in [5.41, 5.74) is 8.27. The number of carbonyl (C=O) groups is 1. The second-order valence-corrected chi connectivity index (χ2v) is 6.28. The van der Waals surface area contributed by atoms with E-state index in [0.29, 0.717) is 32.4 Å². The van der Waals surface area contributed by atoms with E-state index in [4.69, 9.17) is 5.73 Å². The number of nitrogens with one attached hydrogen (secondary N) is 1. The molecular weight excluding hydrogens is 388 g/mol. The number of nitrogens with zero attached hydrogens (tertiary/aromatic N) is 2. The Hall–Kier alpha value is -3.00. The highest BCUT2D eigenvalue weighted by Gasteiger charge is 2.18. The molecule has 0 aliphatic rings. The van der Waals surface area contributed by atoms with E-state index in [0.717, 1.165) is 0 Å². The maximum atomic E-state index is 11.8. The third-order valence-corrected chi connectivity index (χ3v) is 4.24. The number of rotatable bonds is 3. The zero-order valence-electron chi connectivity index (χ0n) is 13.1. The summed E-state index contributed by atoms with van der Waals surface area (Å²) in [4.78, 5) is 27.3. The Morgan fingerprint density at radius 2 is 2.00 bits per heavy atom. The Morgan fingerprint density at radius 3 is 2.72 bits per heavy atom. The van der Waals surface area contributed by atoms with Gasteiger partial charge >= 0.3 is 5.97 Å². The maximum Gasteiger partial charge on any atom is 0.335 e. The van der Waals surface area contributed by atoms with Crippen LogP contribution < -0.4 is 11.3 Å². The summed E-state index contributed by atoms with van der Waals surface area (Å²) in [5, 5.41) is 15.8. The smallest absolute Gasteiger partial charge is 0.335 e. The number of nitrogen functional groups attached to an aromatic ring is 1. The number of benzene rings is 1. The van der Waals surface area contributed by atoms with Crippen molar-refractivity contribution in [2.24, 2.45) is 0 Å². The zero-order valence-corrected chi connectivity index (χ0v) is 14.7. The number of carboxylic acids is 1. The summed E-state index contributed by atoms with van der Waals surface area (Å²) in [6.45, 7) is 1.69. The molecule has 7 nitrogen and oxygen atoms in total. The number of anilines is 1. The molecule has 3 aromatic rings. The van der Waals surface area contributed by atoms with Crippen LogP contribution in [0.25, 0.3) is 22.4 Å². The average Bonchev–Trinajstić information content (AvgIpc) is 2.57. The van der Waals surface area contributed by atoms with Gasteiger partial charge in [-0.2, -0.15) is 5.10 Å². The standard InChI is InChI=1S/C17H13BrN4O3/c1-8-10(3-2-4-11(8)17(24)25)12-6-14(23)21-22-15(12)13-5-9(18)7-20-16(13)19/h2-7H,1H3,(H2,19,20)(H,21,23)(H,24,25). The van der Waals surface area contributed by atoms with Gasteiger partial charge in [-0.15, -0.1) is 0 Å². The van der Waals surface area contributed by atoms with Gasteiger partial charge in [0.25, 0.3) is 5.56 Å². The van der Waals surface area contributed by atoms with Crippen LogP contribution in [0.1, 0.15) is 15.9 Å². The van der Waals surface area contributed by atoms with Gasteiger partial charge < -0.3 is 10.8 Å². The molecule has 0 amide bonds. The number of carboxylic acid groups (broad SMARTS) is 1. The lowest BCUT2D eigenvalue weighted by Crippen LogP contribution is -2.10. The van der Waals surface area contributed by atoms with Crippen molar-refractivity contribution >= 4 is 27.7 Å². The highest BCUT2D eigenvalue weighted by Crippen LogP contribution is 2.35. The topological polar surface area (TPSA) is 122 Å². The third-order valence-electron chi connectivity index (χ3n) is 3.80. The molecule has 0 aliphatic heterocycles. The molecule has 0 unspecified atom stereocenters. The minimum absolute atomic E-state index is 0.157. The van der Waals surface area contributed by atoms with Gasteiger partial charge in [0.1, 0.15) is 11.5 Å². The van der Waals surface area contributed by atoms with E-state index in [1.807, 2.05) is 0 Å². The highest BCUT2D eigenvalue weighted by atomic mass is 79.9. The monoisotopic (exact) mass is 400 g/mol.